The summed E-state index contributed by atoms with van der Waals surface area (Å²) in [6.45, 7) is 0. The second kappa shape index (κ2) is 2.21. The molecule has 0 unspecified atom stereocenters. The van der Waals surface area contributed by atoms with E-state index in [4.69, 9.17) is 5.11 Å². The Morgan fingerprint density at radius 3 is 2.36 bits per heavy atom. The number of rotatable bonds is 1. The van der Waals surface area contributed by atoms with Crippen molar-refractivity contribution in [2.75, 3.05) is 0 Å². The van der Waals surface area contributed by atoms with E-state index in [1.807, 2.05) is 0 Å². The lowest BCUT2D eigenvalue weighted by atomic mass is 9.89. The molecule has 3 heteroatoms. The molecule has 2 aliphatic rings. The van der Waals surface area contributed by atoms with Crippen LogP contribution in [0.15, 0.2) is 0 Å². The Kier molecular flexibility index (Phi) is 1.42. The third kappa shape index (κ3) is 0.872. The minimum absolute atomic E-state index is 0.0532. The van der Waals surface area contributed by atoms with Gasteiger partial charge in [0, 0.05) is 0 Å². The molecule has 2 saturated carbocycles. The van der Waals surface area contributed by atoms with Gasteiger partial charge in [-0.1, -0.05) is 0 Å². The Balaban J connectivity index is 2.14. The van der Waals surface area contributed by atoms with Crippen LogP contribution in [0.5, 0.6) is 0 Å². The van der Waals surface area contributed by atoms with Gasteiger partial charge in [-0.05, 0) is 31.1 Å². The van der Waals surface area contributed by atoms with E-state index in [2.05, 4.69) is 0 Å². The van der Waals surface area contributed by atoms with Crippen molar-refractivity contribution >= 4 is 5.97 Å². The van der Waals surface area contributed by atoms with Gasteiger partial charge in [0.05, 0.1) is 12.0 Å². The van der Waals surface area contributed by atoms with Gasteiger partial charge in [-0.3, -0.25) is 4.79 Å². The first-order valence-corrected chi connectivity index (χ1v) is 4.11. The Morgan fingerprint density at radius 2 is 2.09 bits per heavy atom. The van der Waals surface area contributed by atoms with Crippen molar-refractivity contribution in [3.8, 4) is 0 Å². The fourth-order valence-corrected chi connectivity index (χ4v) is 2.58. The fraction of sp³-hybridized carbons (Fsp3) is 0.875. The summed E-state index contributed by atoms with van der Waals surface area (Å²) in [5.41, 5.74) is 0. The first-order chi connectivity index (χ1) is 5.20. The van der Waals surface area contributed by atoms with Crippen LogP contribution in [0.2, 0.25) is 0 Å². The average Bonchev–Trinajstić information content (AvgIpc) is 2.46. The van der Waals surface area contributed by atoms with Gasteiger partial charge in [0.1, 0.15) is 0 Å². The summed E-state index contributed by atoms with van der Waals surface area (Å²) in [6, 6.07) is 0. The van der Waals surface area contributed by atoms with Gasteiger partial charge in [0.15, 0.2) is 0 Å². The molecular formula is C8H12O3. The lowest BCUT2D eigenvalue weighted by Crippen LogP contribution is -2.22. The van der Waals surface area contributed by atoms with Crippen molar-refractivity contribution in [3.63, 3.8) is 0 Å². The molecule has 2 N–H and O–H groups in total. The quantitative estimate of drug-likeness (QED) is 0.580. The Morgan fingerprint density at radius 1 is 1.36 bits per heavy atom. The molecule has 11 heavy (non-hydrogen) atoms. The first-order valence-electron chi connectivity index (χ1n) is 4.11. The van der Waals surface area contributed by atoms with Crippen molar-refractivity contribution in [1.82, 2.24) is 0 Å². The lowest BCUT2D eigenvalue weighted by molar-refractivity contribution is -0.143. The fourth-order valence-electron chi connectivity index (χ4n) is 2.58. The normalized spacial score (nSPS) is 48.1. The number of aliphatic hydroxyl groups excluding tert-OH is 1. The number of aliphatic carboxylic acids is 1. The smallest absolute Gasteiger partial charge is 0.306 e. The minimum atomic E-state index is -0.726. The summed E-state index contributed by atoms with van der Waals surface area (Å²) >= 11 is 0. The molecular weight excluding hydrogens is 144 g/mol. The van der Waals surface area contributed by atoms with Crippen LogP contribution in [0, 0.1) is 17.8 Å². The molecule has 3 nitrogen and oxygen atoms in total. The standard InChI is InChI=1S/C8H12O3/c9-7-4-1-2-5(7)6(3-4)8(10)11/h4-7,9H,1-3H2,(H,10,11)/t4-,5+,6-,7+/m1/s1. The second-order valence-electron chi connectivity index (χ2n) is 3.67. The highest BCUT2D eigenvalue weighted by molar-refractivity contribution is 5.71. The molecule has 0 aromatic carbocycles. The molecule has 2 fully saturated rings. The van der Waals surface area contributed by atoms with E-state index in [-0.39, 0.29) is 23.9 Å². The lowest BCUT2D eigenvalue weighted by Gasteiger charge is -2.15. The number of hydrogen-bond acceptors (Lipinski definition) is 2. The number of carboxylic acids is 1. The van der Waals surface area contributed by atoms with Gasteiger partial charge in [0.25, 0.3) is 0 Å². The van der Waals surface area contributed by atoms with E-state index >= 15 is 0 Å². The third-order valence-corrected chi connectivity index (χ3v) is 3.18. The number of carbonyl (C=O) groups is 1. The predicted octanol–water partition coefficient (Wildman–Crippen LogP) is 0.478. The molecule has 2 aliphatic carbocycles. The van der Waals surface area contributed by atoms with Crippen LogP contribution in [0.1, 0.15) is 19.3 Å². The maximum Gasteiger partial charge on any atom is 0.306 e. The van der Waals surface area contributed by atoms with Crippen LogP contribution in [-0.4, -0.2) is 22.3 Å². The summed E-state index contributed by atoms with van der Waals surface area (Å²) in [5, 5.41) is 18.2. The van der Waals surface area contributed by atoms with Crippen LogP contribution in [-0.2, 0) is 4.79 Å². The molecule has 0 radical (unpaired) electrons. The van der Waals surface area contributed by atoms with Gasteiger partial charge >= 0.3 is 5.97 Å². The zero-order valence-corrected chi connectivity index (χ0v) is 6.23. The van der Waals surface area contributed by atoms with Crippen molar-refractivity contribution in [2.24, 2.45) is 17.8 Å². The Labute approximate surface area is 65.0 Å². The molecule has 2 bridgehead atoms. The maximum absolute atomic E-state index is 10.6. The number of carboxylic acid groups (broad SMARTS) is 1. The molecule has 0 saturated heterocycles. The highest BCUT2D eigenvalue weighted by Gasteiger charge is 2.49. The molecule has 0 heterocycles. The number of hydrogen-bond donors (Lipinski definition) is 2. The Hall–Kier alpha value is -0.570. The molecule has 0 amide bonds. The van der Waals surface area contributed by atoms with Gasteiger partial charge in [-0.2, -0.15) is 0 Å². The zero-order chi connectivity index (χ0) is 8.01. The van der Waals surface area contributed by atoms with Gasteiger partial charge in [-0.15, -0.1) is 0 Å². The SMILES string of the molecule is O=C(O)[C@@H]1C[C@H]2CC[C@@H]1[C@H]2O. The summed E-state index contributed by atoms with van der Waals surface area (Å²) in [4.78, 5) is 10.6. The van der Waals surface area contributed by atoms with E-state index in [0.29, 0.717) is 6.42 Å². The van der Waals surface area contributed by atoms with E-state index in [1.54, 1.807) is 0 Å². The van der Waals surface area contributed by atoms with E-state index in [9.17, 15) is 9.90 Å². The van der Waals surface area contributed by atoms with Crippen LogP contribution in [0.3, 0.4) is 0 Å². The molecule has 62 valence electrons. The average molecular weight is 156 g/mol. The third-order valence-electron chi connectivity index (χ3n) is 3.18. The minimum Gasteiger partial charge on any atom is -0.481 e. The van der Waals surface area contributed by atoms with Crippen LogP contribution in [0.4, 0.5) is 0 Å². The summed E-state index contributed by atoms with van der Waals surface area (Å²) < 4.78 is 0. The largest absolute Gasteiger partial charge is 0.481 e. The molecule has 0 spiro atoms. The number of fused-ring (bicyclic) bond motifs is 2. The van der Waals surface area contributed by atoms with Crippen molar-refractivity contribution in [3.05, 3.63) is 0 Å². The molecule has 0 aromatic heterocycles. The monoisotopic (exact) mass is 156 g/mol. The summed E-state index contributed by atoms with van der Waals surface area (Å²) in [7, 11) is 0. The van der Waals surface area contributed by atoms with Crippen molar-refractivity contribution < 1.29 is 15.0 Å². The molecule has 4 atom stereocenters. The van der Waals surface area contributed by atoms with Crippen LogP contribution < -0.4 is 0 Å². The molecule has 0 aromatic rings. The van der Waals surface area contributed by atoms with Gasteiger partial charge in [-0.25, -0.2) is 0 Å². The highest BCUT2D eigenvalue weighted by atomic mass is 16.4. The van der Waals surface area contributed by atoms with E-state index < -0.39 is 5.97 Å². The van der Waals surface area contributed by atoms with Crippen molar-refractivity contribution in [1.29, 1.82) is 0 Å². The maximum atomic E-state index is 10.6. The number of aliphatic hydroxyl groups is 1. The summed E-state index contributed by atoms with van der Waals surface area (Å²) in [5.74, 6) is -0.654. The molecule has 0 aliphatic heterocycles. The predicted molar refractivity (Wildman–Crippen MR) is 38.0 cm³/mol. The zero-order valence-electron chi connectivity index (χ0n) is 6.23. The van der Waals surface area contributed by atoms with Gasteiger partial charge in [0.2, 0.25) is 0 Å². The molecule has 2 rings (SSSR count). The van der Waals surface area contributed by atoms with Crippen LogP contribution >= 0.6 is 0 Å². The second-order valence-corrected chi connectivity index (χ2v) is 3.67. The van der Waals surface area contributed by atoms with Crippen molar-refractivity contribution in [2.45, 2.75) is 25.4 Å². The topological polar surface area (TPSA) is 57.5 Å². The van der Waals surface area contributed by atoms with Crippen LogP contribution in [0.25, 0.3) is 0 Å². The Bertz CT molecular complexity index is 190. The van der Waals surface area contributed by atoms with Gasteiger partial charge < -0.3 is 10.2 Å². The highest BCUT2D eigenvalue weighted by Crippen LogP contribution is 2.48. The van der Waals surface area contributed by atoms with E-state index in [0.717, 1.165) is 12.8 Å². The summed E-state index contributed by atoms with van der Waals surface area (Å²) in [6.07, 6.45) is 2.30. The first kappa shape index (κ1) is 7.10. The van der Waals surface area contributed by atoms with E-state index in [1.165, 1.54) is 0 Å².